The Kier molecular flexibility index (Phi) is 9.42. The number of likely N-dealkylation sites (tertiary alicyclic amines) is 1. The first kappa shape index (κ1) is 29.6. The van der Waals surface area contributed by atoms with E-state index in [1.807, 2.05) is 55.5 Å². The summed E-state index contributed by atoms with van der Waals surface area (Å²) in [6, 6.07) is 16.8. The minimum atomic E-state index is -0.835. The number of ether oxygens (including phenoxy) is 2. The van der Waals surface area contributed by atoms with Crippen LogP contribution < -0.4 is 4.74 Å². The lowest BCUT2D eigenvalue weighted by molar-refractivity contribution is -0.141. The number of nitrogens with zero attached hydrogens (tertiary/aromatic N) is 1. The average molecular weight is 574 g/mol. The third-order valence-electron chi connectivity index (χ3n) is 8.67. The molecule has 0 bridgehead atoms. The molecule has 2 heterocycles. The van der Waals surface area contributed by atoms with E-state index in [0.29, 0.717) is 45.4 Å². The second-order valence-corrected chi connectivity index (χ2v) is 11.5. The number of allylic oxidation sites excluding steroid dienone is 1. The summed E-state index contributed by atoms with van der Waals surface area (Å²) >= 11 is 0. The Labute approximate surface area is 246 Å². The van der Waals surface area contributed by atoms with Crippen LogP contribution >= 0.6 is 0 Å². The number of aliphatic carboxylic acids is 1. The number of benzene rings is 2. The summed E-state index contributed by atoms with van der Waals surface area (Å²) in [4.78, 5) is 39.4. The molecular weight excluding hydrogens is 534 g/mol. The van der Waals surface area contributed by atoms with E-state index in [1.54, 1.807) is 12.1 Å². The monoisotopic (exact) mass is 573 g/mol. The molecule has 2 aliphatic heterocycles. The van der Waals surface area contributed by atoms with Crippen molar-refractivity contribution in [2.75, 3.05) is 19.8 Å². The molecule has 1 aliphatic carbocycles. The van der Waals surface area contributed by atoms with Gasteiger partial charge in [0.05, 0.1) is 24.5 Å². The average Bonchev–Trinajstić information content (AvgIpc) is 3.50. The van der Waals surface area contributed by atoms with Crippen LogP contribution in [0.1, 0.15) is 57.4 Å². The fourth-order valence-corrected chi connectivity index (χ4v) is 6.61. The van der Waals surface area contributed by atoms with Crippen molar-refractivity contribution in [3.05, 3.63) is 76.9 Å². The van der Waals surface area contributed by atoms with Crippen LogP contribution in [0.25, 0.3) is 6.08 Å². The van der Waals surface area contributed by atoms with Crippen molar-refractivity contribution in [1.29, 1.82) is 0 Å². The molecule has 3 aliphatic rings. The maximum Gasteiger partial charge on any atom is 0.303 e. The summed E-state index contributed by atoms with van der Waals surface area (Å²) in [7, 11) is 0. The number of para-hydroxylation sites is 2. The van der Waals surface area contributed by atoms with Crippen molar-refractivity contribution in [1.82, 2.24) is 4.90 Å². The number of carboxylic acids is 1. The largest absolute Gasteiger partial charge is 0.507 e. The first-order valence-electron chi connectivity index (χ1n) is 14.9. The summed E-state index contributed by atoms with van der Waals surface area (Å²) in [6.07, 6.45) is 5.63. The van der Waals surface area contributed by atoms with Gasteiger partial charge >= 0.3 is 5.97 Å². The van der Waals surface area contributed by atoms with E-state index < -0.39 is 17.8 Å². The van der Waals surface area contributed by atoms with E-state index in [2.05, 4.69) is 0 Å². The second kappa shape index (κ2) is 13.4. The number of hydrogen-bond acceptors (Lipinski definition) is 6. The van der Waals surface area contributed by atoms with E-state index >= 15 is 0 Å². The molecule has 2 amide bonds. The lowest BCUT2D eigenvalue weighted by Crippen LogP contribution is -2.35. The molecule has 2 aromatic rings. The number of phenolic OH excluding ortho intramolecular Hbond substituents is 1. The topological polar surface area (TPSA) is 113 Å². The molecule has 42 heavy (non-hydrogen) atoms. The molecule has 0 unspecified atom stereocenters. The summed E-state index contributed by atoms with van der Waals surface area (Å²) in [5, 5.41) is 19.0. The zero-order chi connectivity index (χ0) is 29.6. The van der Waals surface area contributed by atoms with Crippen molar-refractivity contribution in [3.8, 4) is 11.5 Å². The lowest BCUT2D eigenvalue weighted by Gasteiger charge is -2.31. The number of hydrogen-bond donors (Lipinski definition) is 2. The van der Waals surface area contributed by atoms with Crippen LogP contribution in [0.4, 0.5) is 0 Å². The number of amides is 2. The van der Waals surface area contributed by atoms with Gasteiger partial charge in [-0.15, -0.1) is 0 Å². The maximum absolute atomic E-state index is 13.6. The molecule has 2 N–H and O–H groups in total. The summed E-state index contributed by atoms with van der Waals surface area (Å²) < 4.78 is 12.5. The van der Waals surface area contributed by atoms with Crippen LogP contribution in [-0.4, -0.2) is 58.8 Å². The highest BCUT2D eigenvalue weighted by Crippen LogP contribution is 2.50. The number of unbranched alkanes of at least 4 members (excludes halogenated alkanes) is 2. The van der Waals surface area contributed by atoms with Crippen molar-refractivity contribution in [3.63, 3.8) is 0 Å². The quantitative estimate of drug-likeness (QED) is 0.182. The van der Waals surface area contributed by atoms with Gasteiger partial charge in [0.1, 0.15) is 18.1 Å². The molecule has 2 aromatic carbocycles. The molecular formula is C34H39NO7. The number of fused-ring (bicyclic) bond motifs is 3. The highest BCUT2D eigenvalue weighted by Gasteiger charge is 2.56. The number of carbonyl (C=O) groups is 3. The fraction of sp³-hybridized carbons (Fsp3) is 0.441. The lowest BCUT2D eigenvalue weighted by atomic mass is 9.69. The van der Waals surface area contributed by atoms with Crippen LogP contribution in [0, 0.1) is 17.8 Å². The second-order valence-electron chi connectivity index (χ2n) is 11.5. The van der Waals surface area contributed by atoms with Gasteiger partial charge in [-0.05, 0) is 68.4 Å². The number of carbonyl (C=O) groups excluding carboxylic acids is 2. The van der Waals surface area contributed by atoms with Crippen molar-refractivity contribution >= 4 is 23.9 Å². The fourth-order valence-electron chi connectivity index (χ4n) is 6.61. The predicted octanol–water partition coefficient (Wildman–Crippen LogP) is 5.62. The van der Waals surface area contributed by atoms with Gasteiger partial charge in [-0.3, -0.25) is 19.3 Å². The molecule has 0 saturated carbocycles. The number of rotatable bonds is 13. The Bertz CT molecular complexity index is 1360. The molecule has 5 rings (SSSR count). The summed E-state index contributed by atoms with van der Waals surface area (Å²) in [5.41, 5.74) is 4.03. The van der Waals surface area contributed by atoms with Crippen molar-refractivity contribution < 1.29 is 34.1 Å². The van der Waals surface area contributed by atoms with Crippen molar-refractivity contribution in [2.24, 2.45) is 17.8 Å². The van der Waals surface area contributed by atoms with E-state index in [4.69, 9.17) is 14.6 Å². The third kappa shape index (κ3) is 6.59. The normalized spacial score (nSPS) is 23.7. The Hall–Kier alpha value is -3.91. The first-order valence-corrected chi connectivity index (χ1v) is 14.9. The van der Waals surface area contributed by atoms with Crippen molar-refractivity contribution in [2.45, 2.75) is 58.0 Å². The molecule has 8 heteroatoms. The molecule has 8 nitrogen and oxygen atoms in total. The van der Waals surface area contributed by atoms with E-state index in [0.717, 1.165) is 40.9 Å². The Morgan fingerprint density at radius 1 is 1.00 bits per heavy atom. The van der Waals surface area contributed by atoms with Gasteiger partial charge in [-0.1, -0.05) is 54.5 Å². The molecule has 222 valence electrons. The minimum Gasteiger partial charge on any atom is -0.507 e. The Balaban J connectivity index is 1.32. The molecule has 4 atom stereocenters. The number of aromatic hydroxyl groups is 1. The van der Waals surface area contributed by atoms with Crippen LogP contribution in [0.15, 0.2) is 71.3 Å². The third-order valence-corrected chi connectivity index (χ3v) is 8.67. The van der Waals surface area contributed by atoms with Gasteiger partial charge in [0.2, 0.25) is 11.8 Å². The molecule has 0 aromatic heterocycles. The summed E-state index contributed by atoms with van der Waals surface area (Å²) in [5.74, 6) is -1.14. The molecule has 2 fully saturated rings. The SMILES string of the molecule is C/C(=C\c1ccccc1O)CC[C@H]1OC[C@H]2C1=C(COc1ccccc1)C[C@H]1C(=O)N(CCCCCC(=O)O)C(=O)[C@H]12. The number of imide groups is 1. The standard InChI is InChI=1S/C34H39NO7/c1-22(18-23-10-7-8-13-28(23)36)15-16-29-31-24(20-41-25-11-4-2-5-12-25)19-26-32(27(31)21-42-29)34(40)35(33(26)39)17-9-3-6-14-30(37)38/h2,4-5,7-8,10-13,18,26-27,29,32,36H,3,6,9,14-17,19-21H2,1H3,(H,37,38)/b22-18+/t26-,27+,29-,32-/m1/s1. The summed E-state index contributed by atoms with van der Waals surface area (Å²) in [6.45, 7) is 3.09. The number of carboxylic acid groups (broad SMARTS) is 1. The first-order chi connectivity index (χ1) is 20.3. The molecule has 2 saturated heterocycles. The van der Waals surface area contributed by atoms with Gasteiger partial charge in [0.25, 0.3) is 0 Å². The predicted molar refractivity (Wildman–Crippen MR) is 158 cm³/mol. The van der Waals surface area contributed by atoms with E-state index in [1.165, 1.54) is 4.90 Å². The van der Waals surface area contributed by atoms with Gasteiger partial charge in [0, 0.05) is 24.4 Å². The van der Waals surface area contributed by atoms with Gasteiger partial charge in [-0.25, -0.2) is 0 Å². The zero-order valence-electron chi connectivity index (χ0n) is 24.0. The highest BCUT2D eigenvalue weighted by atomic mass is 16.5. The number of phenols is 1. The van der Waals surface area contributed by atoms with Crippen LogP contribution in [0.5, 0.6) is 11.5 Å². The highest BCUT2D eigenvalue weighted by molar-refractivity contribution is 6.06. The zero-order valence-corrected chi connectivity index (χ0v) is 24.0. The molecule has 0 radical (unpaired) electrons. The Morgan fingerprint density at radius 2 is 1.76 bits per heavy atom. The van der Waals surface area contributed by atoms with E-state index in [9.17, 15) is 19.5 Å². The van der Waals surface area contributed by atoms with Crippen LogP contribution in [0.3, 0.4) is 0 Å². The minimum absolute atomic E-state index is 0.0904. The van der Waals surface area contributed by atoms with E-state index in [-0.39, 0.29) is 36.0 Å². The van der Waals surface area contributed by atoms with Gasteiger partial charge < -0.3 is 19.7 Å². The van der Waals surface area contributed by atoms with Gasteiger partial charge in [0.15, 0.2) is 0 Å². The van der Waals surface area contributed by atoms with Gasteiger partial charge in [-0.2, -0.15) is 0 Å². The van der Waals surface area contributed by atoms with Crippen LogP contribution in [-0.2, 0) is 19.1 Å². The molecule has 0 spiro atoms. The Morgan fingerprint density at radius 3 is 2.52 bits per heavy atom. The maximum atomic E-state index is 13.6. The smallest absolute Gasteiger partial charge is 0.303 e. The van der Waals surface area contributed by atoms with Crippen LogP contribution in [0.2, 0.25) is 0 Å².